The third kappa shape index (κ3) is 3.89. The number of nitrogens with one attached hydrogen (secondary N) is 1. The Hall–Kier alpha value is -1.67. The van der Waals surface area contributed by atoms with Crippen molar-refractivity contribution in [1.29, 1.82) is 0 Å². The molecule has 0 atom stereocenters. The number of H-pyrrole nitrogens is 1. The van der Waals surface area contributed by atoms with Crippen LogP contribution >= 0.6 is 0 Å². The predicted molar refractivity (Wildman–Crippen MR) is 108 cm³/mol. The van der Waals surface area contributed by atoms with Gasteiger partial charge in [-0.25, -0.2) is 13.4 Å². The Labute approximate surface area is 167 Å². The van der Waals surface area contributed by atoms with Crippen LogP contribution in [0.15, 0.2) is 17.6 Å². The van der Waals surface area contributed by atoms with E-state index in [9.17, 15) is 8.42 Å². The normalized spacial score (nSPS) is 19.0. The maximum absolute atomic E-state index is 13.3. The summed E-state index contributed by atoms with van der Waals surface area (Å²) in [7, 11) is -3.36. The van der Waals surface area contributed by atoms with Crippen LogP contribution in [-0.4, -0.2) is 44.9 Å². The van der Waals surface area contributed by atoms with Gasteiger partial charge < -0.3 is 4.57 Å². The smallest absolute Gasteiger partial charge is 0.228 e. The van der Waals surface area contributed by atoms with E-state index in [0.717, 1.165) is 83.2 Å². The summed E-state index contributed by atoms with van der Waals surface area (Å²) in [6.45, 7) is 5.37. The minimum Gasteiger partial charge on any atom is -0.318 e. The van der Waals surface area contributed by atoms with Crippen molar-refractivity contribution in [2.75, 3.05) is 6.54 Å². The molecule has 7 nitrogen and oxygen atoms in total. The van der Waals surface area contributed by atoms with E-state index in [2.05, 4.69) is 27.0 Å². The lowest BCUT2D eigenvalue weighted by Gasteiger charge is -2.27. The first kappa shape index (κ1) is 19.6. The summed E-state index contributed by atoms with van der Waals surface area (Å²) in [5.74, 6) is 0. The first-order valence-electron chi connectivity index (χ1n) is 10.6. The maximum atomic E-state index is 13.3. The van der Waals surface area contributed by atoms with Gasteiger partial charge in [0.1, 0.15) is 0 Å². The molecule has 1 saturated carbocycles. The topological polar surface area (TPSA) is 83.9 Å². The zero-order chi connectivity index (χ0) is 19.6. The molecule has 2 aromatic rings. The molecule has 0 aromatic carbocycles. The standard InChI is InChI=1S/C20H31N5O2S/c1-2-3-10-25-17(15-24-11-9-19-16(14-24)12-22-23-19)13-21-20(25)28(26,27)18-7-5-4-6-8-18/h12-13,18H,2-11,14-15H2,1H3,(H,22,23). The fourth-order valence-corrected chi connectivity index (χ4v) is 6.44. The Kier molecular flexibility index (Phi) is 5.87. The van der Waals surface area contributed by atoms with Crippen LogP contribution in [0, 0.1) is 0 Å². The largest absolute Gasteiger partial charge is 0.318 e. The van der Waals surface area contributed by atoms with Gasteiger partial charge in [-0.1, -0.05) is 32.6 Å². The molecule has 1 N–H and O–H groups in total. The van der Waals surface area contributed by atoms with Gasteiger partial charge in [0.05, 0.1) is 23.3 Å². The minimum atomic E-state index is -3.36. The SMILES string of the molecule is CCCCn1c(CN2CCc3[nH]ncc3C2)cnc1S(=O)(=O)C1CCCCC1. The Balaban J connectivity index is 1.57. The Morgan fingerprint density at radius 1 is 1.21 bits per heavy atom. The van der Waals surface area contributed by atoms with Crippen molar-refractivity contribution >= 4 is 9.84 Å². The molecule has 1 aliphatic carbocycles. The molecule has 3 heterocycles. The molecule has 4 rings (SSSR count). The summed E-state index contributed by atoms with van der Waals surface area (Å²) in [5, 5.41) is 7.24. The molecule has 0 amide bonds. The second-order valence-electron chi connectivity index (χ2n) is 8.18. The van der Waals surface area contributed by atoms with Crippen molar-refractivity contribution in [3.8, 4) is 0 Å². The summed E-state index contributed by atoms with van der Waals surface area (Å²) in [6.07, 6.45) is 11.3. The fourth-order valence-electron chi connectivity index (χ4n) is 4.47. The Morgan fingerprint density at radius 2 is 2.04 bits per heavy atom. The summed E-state index contributed by atoms with van der Waals surface area (Å²) in [4.78, 5) is 6.80. The third-order valence-electron chi connectivity index (χ3n) is 6.15. The van der Waals surface area contributed by atoms with Crippen LogP contribution in [0.25, 0.3) is 0 Å². The van der Waals surface area contributed by atoms with Gasteiger partial charge in [0, 0.05) is 43.9 Å². The van der Waals surface area contributed by atoms with Gasteiger partial charge in [0.2, 0.25) is 15.0 Å². The molecule has 154 valence electrons. The number of unbranched alkanes of at least 4 members (excludes halogenated alkanes) is 1. The zero-order valence-electron chi connectivity index (χ0n) is 16.7. The zero-order valence-corrected chi connectivity index (χ0v) is 17.5. The number of aromatic amines is 1. The van der Waals surface area contributed by atoms with Crippen molar-refractivity contribution in [3.63, 3.8) is 0 Å². The van der Waals surface area contributed by atoms with Gasteiger partial charge in [0.15, 0.2) is 0 Å². The van der Waals surface area contributed by atoms with E-state index in [1.54, 1.807) is 6.20 Å². The van der Waals surface area contributed by atoms with Crippen molar-refractivity contribution in [3.05, 3.63) is 29.3 Å². The Bertz CT molecular complexity index is 896. The molecule has 0 radical (unpaired) electrons. The highest BCUT2D eigenvalue weighted by molar-refractivity contribution is 7.91. The van der Waals surface area contributed by atoms with Gasteiger partial charge in [0.25, 0.3) is 0 Å². The van der Waals surface area contributed by atoms with Gasteiger partial charge in [-0.15, -0.1) is 0 Å². The second kappa shape index (κ2) is 8.37. The van der Waals surface area contributed by atoms with Crippen molar-refractivity contribution in [2.45, 2.75) is 88.3 Å². The van der Waals surface area contributed by atoms with E-state index < -0.39 is 9.84 Å². The van der Waals surface area contributed by atoms with Crippen LogP contribution in [0.3, 0.4) is 0 Å². The lowest BCUT2D eigenvalue weighted by Crippen LogP contribution is -2.31. The molecule has 1 aliphatic heterocycles. The first-order valence-corrected chi connectivity index (χ1v) is 12.2. The number of hydrogen-bond donors (Lipinski definition) is 1. The van der Waals surface area contributed by atoms with Crippen LogP contribution in [0.4, 0.5) is 0 Å². The lowest BCUT2D eigenvalue weighted by molar-refractivity contribution is 0.237. The Morgan fingerprint density at radius 3 is 2.82 bits per heavy atom. The number of imidazole rings is 1. The molecule has 0 bridgehead atoms. The average molecular weight is 406 g/mol. The summed E-state index contributed by atoms with van der Waals surface area (Å²) < 4.78 is 28.6. The summed E-state index contributed by atoms with van der Waals surface area (Å²) >= 11 is 0. The highest BCUT2D eigenvalue weighted by Gasteiger charge is 2.33. The predicted octanol–water partition coefficient (Wildman–Crippen LogP) is 3.07. The van der Waals surface area contributed by atoms with E-state index in [4.69, 9.17) is 0 Å². The molecule has 0 spiro atoms. The van der Waals surface area contributed by atoms with E-state index in [1.807, 2.05) is 10.8 Å². The molecule has 2 aromatic heterocycles. The quantitative estimate of drug-likeness (QED) is 0.765. The van der Waals surface area contributed by atoms with Crippen LogP contribution in [0.2, 0.25) is 0 Å². The van der Waals surface area contributed by atoms with Gasteiger partial charge >= 0.3 is 0 Å². The number of fused-ring (bicyclic) bond motifs is 1. The van der Waals surface area contributed by atoms with Gasteiger partial charge in [-0.3, -0.25) is 10.00 Å². The molecule has 28 heavy (non-hydrogen) atoms. The van der Waals surface area contributed by atoms with Crippen molar-refractivity contribution < 1.29 is 8.42 Å². The fraction of sp³-hybridized carbons (Fsp3) is 0.700. The van der Waals surface area contributed by atoms with Crippen LogP contribution < -0.4 is 0 Å². The third-order valence-corrected chi connectivity index (χ3v) is 8.33. The lowest BCUT2D eigenvalue weighted by atomic mass is 10.0. The molecule has 1 fully saturated rings. The number of rotatable bonds is 7. The molecule has 0 saturated heterocycles. The van der Waals surface area contributed by atoms with E-state index >= 15 is 0 Å². The summed E-state index contributed by atoms with van der Waals surface area (Å²) in [5.41, 5.74) is 3.46. The number of sulfone groups is 1. The monoisotopic (exact) mass is 405 g/mol. The van der Waals surface area contributed by atoms with Crippen molar-refractivity contribution in [1.82, 2.24) is 24.6 Å². The second-order valence-corrected chi connectivity index (χ2v) is 10.3. The van der Waals surface area contributed by atoms with Crippen LogP contribution in [0.1, 0.15) is 68.8 Å². The number of hydrogen-bond acceptors (Lipinski definition) is 5. The highest BCUT2D eigenvalue weighted by Crippen LogP contribution is 2.29. The summed E-state index contributed by atoms with van der Waals surface area (Å²) in [6, 6.07) is 0. The van der Waals surface area contributed by atoms with Crippen LogP contribution in [0.5, 0.6) is 0 Å². The molecular weight excluding hydrogens is 374 g/mol. The molecule has 8 heteroatoms. The van der Waals surface area contributed by atoms with Gasteiger partial charge in [-0.05, 0) is 19.3 Å². The molecule has 0 unspecified atom stereocenters. The number of nitrogens with zero attached hydrogens (tertiary/aromatic N) is 4. The first-order chi connectivity index (χ1) is 13.6. The van der Waals surface area contributed by atoms with E-state index in [1.165, 1.54) is 11.3 Å². The van der Waals surface area contributed by atoms with Crippen molar-refractivity contribution in [2.24, 2.45) is 0 Å². The molecule has 2 aliphatic rings. The minimum absolute atomic E-state index is 0.264. The number of aromatic nitrogens is 4. The molecular formula is C20H31N5O2S. The maximum Gasteiger partial charge on any atom is 0.228 e. The van der Waals surface area contributed by atoms with Crippen LogP contribution in [-0.2, 0) is 35.9 Å². The van der Waals surface area contributed by atoms with Gasteiger partial charge in [-0.2, -0.15) is 5.10 Å². The van der Waals surface area contributed by atoms with E-state index in [-0.39, 0.29) is 5.25 Å². The van der Waals surface area contributed by atoms with E-state index in [0.29, 0.717) is 5.16 Å². The average Bonchev–Trinajstić information content (AvgIpc) is 3.34. The highest BCUT2D eigenvalue weighted by atomic mass is 32.2.